The summed E-state index contributed by atoms with van der Waals surface area (Å²) < 4.78 is 27.9. The van der Waals surface area contributed by atoms with Gasteiger partial charge in [0.2, 0.25) is 0 Å². The van der Waals surface area contributed by atoms with Crippen molar-refractivity contribution >= 4 is 37.7 Å². The summed E-state index contributed by atoms with van der Waals surface area (Å²) in [6.45, 7) is 2.05. The van der Waals surface area contributed by atoms with Crippen molar-refractivity contribution in [3.63, 3.8) is 0 Å². The first-order valence-corrected chi connectivity index (χ1v) is 13.1. The summed E-state index contributed by atoms with van der Waals surface area (Å²) in [5.74, 6) is 0.620. The van der Waals surface area contributed by atoms with E-state index >= 15 is 0 Å². The zero-order valence-corrected chi connectivity index (χ0v) is 19.3. The Morgan fingerprint density at radius 1 is 1.28 bits per heavy atom. The zero-order valence-electron chi connectivity index (χ0n) is 17.7. The molecular weight excluding hydrogens is 448 g/mol. The Morgan fingerprint density at radius 3 is 2.94 bits per heavy atom. The Balaban J connectivity index is 1.37. The minimum absolute atomic E-state index is 0.0745. The Kier molecular flexibility index (Phi) is 5.67. The highest BCUT2D eigenvalue weighted by Crippen LogP contribution is 2.44. The molecule has 1 saturated carbocycles. The summed E-state index contributed by atoms with van der Waals surface area (Å²) in [4.78, 5) is 9.08. The molecule has 32 heavy (non-hydrogen) atoms. The molecule has 1 aromatic carbocycles. The predicted octanol–water partition coefficient (Wildman–Crippen LogP) is 3.17. The quantitative estimate of drug-likeness (QED) is 0.501. The fourth-order valence-corrected chi connectivity index (χ4v) is 6.55. The Morgan fingerprint density at radius 2 is 2.12 bits per heavy atom. The standard InChI is InChI=1S/C22H26N4O4S2/c1-12-3-2-4-16-15(12)5-6-18(16)26-22-21-20(24-11-25-22)17(10-31-21)13-7-14(19(27)8-13)9-30-32(23,28)29/h2-4,10-11,13-14,18-19,27H,5-9H2,1H3,(H2,23,28,29)(H,24,25,26). The third-order valence-electron chi connectivity index (χ3n) is 6.74. The van der Waals surface area contributed by atoms with E-state index in [-0.39, 0.29) is 24.5 Å². The molecule has 0 spiro atoms. The van der Waals surface area contributed by atoms with E-state index in [0.717, 1.165) is 34.4 Å². The highest BCUT2D eigenvalue weighted by atomic mass is 32.2. The molecule has 4 unspecified atom stereocenters. The minimum atomic E-state index is -4.02. The second kappa shape index (κ2) is 8.35. The Labute approximate surface area is 191 Å². The number of fused-ring (bicyclic) bond motifs is 2. The average Bonchev–Trinajstić information content (AvgIpc) is 3.44. The predicted molar refractivity (Wildman–Crippen MR) is 124 cm³/mol. The van der Waals surface area contributed by atoms with E-state index in [1.165, 1.54) is 16.7 Å². The summed E-state index contributed by atoms with van der Waals surface area (Å²) >= 11 is 1.60. The lowest BCUT2D eigenvalue weighted by Gasteiger charge is -2.16. The van der Waals surface area contributed by atoms with Gasteiger partial charge in [-0.2, -0.15) is 8.42 Å². The number of nitrogens with two attached hydrogens (primary N) is 1. The monoisotopic (exact) mass is 474 g/mol. The van der Waals surface area contributed by atoms with Crippen molar-refractivity contribution in [3.8, 4) is 0 Å². The zero-order chi connectivity index (χ0) is 22.5. The van der Waals surface area contributed by atoms with Crippen molar-refractivity contribution in [2.45, 2.75) is 50.7 Å². The van der Waals surface area contributed by atoms with Gasteiger partial charge in [0.15, 0.2) is 0 Å². The molecule has 0 radical (unpaired) electrons. The van der Waals surface area contributed by atoms with Gasteiger partial charge in [-0.3, -0.25) is 4.18 Å². The van der Waals surface area contributed by atoms with Gasteiger partial charge in [0.25, 0.3) is 0 Å². The van der Waals surface area contributed by atoms with Gasteiger partial charge in [0.05, 0.1) is 29.0 Å². The number of aliphatic hydroxyl groups is 1. The molecule has 0 amide bonds. The maximum absolute atomic E-state index is 11.1. The number of benzene rings is 1. The normalized spacial score (nSPS) is 25.3. The number of hydrogen-bond donors (Lipinski definition) is 3. The first kappa shape index (κ1) is 21.7. The summed E-state index contributed by atoms with van der Waals surface area (Å²) in [6, 6.07) is 6.68. The Bertz CT molecular complexity index is 1260. The Hall–Kier alpha value is -2.11. The van der Waals surface area contributed by atoms with Gasteiger partial charge in [-0.05, 0) is 66.2 Å². The highest BCUT2D eigenvalue weighted by Gasteiger charge is 2.36. The van der Waals surface area contributed by atoms with Crippen molar-refractivity contribution in [3.05, 3.63) is 52.2 Å². The summed E-state index contributed by atoms with van der Waals surface area (Å²) in [6.07, 6.45) is 4.18. The fraction of sp³-hybridized carbons (Fsp3) is 0.455. The van der Waals surface area contributed by atoms with Crippen LogP contribution in [-0.4, -0.2) is 36.2 Å². The average molecular weight is 475 g/mol. The van der Waals surface area contributed by atoms with E-state index in [4.69, 9.17) is 9.32 Å². The molecule has 3 aromatic rings. The molecule has 8 nitrogen and oxygen atoms in total. The molecule has 5 rings (SSSR count). The second-order valence-corrected chi connectivity index (χ2v) is 10.8. The van der Waals surface area contributed by atoms with E-state index in [1.807, 2.05) is 0 Å². The smallest absolute Gasteiger partial charge is 0.333 e. The number of anilines is 1. The van der Waals surface area contributed by atoms with E-state index in [9.17, 15) is 13.5 Å². The molecule has 10 heteroatoms. The molecule has 0 aliphatic heterocycles. The third kappa shape index (κ3) is 4.13. The van der Waals surface area contributed by atoms with Crippen LogP contribution in [0.15, 0.2) is 29.9 Å². The third-order valence-corrected chi connectivity index (χ3v) is 8.20. The molecule has 4 atom stereocenters. The van der Waals surface area contributed by atoms with Crippen LogP contribution in [0.25, 0.3) is 10.2 Å². The van der Waals surface area contributed by atoms with Crippen molar-refractivity contribution < 1.29 is 17.7 Å². The lowest BCUT2D eigenvalue weighted by atomic mass is 9.98. The molecule has 2 aliphatic rings. The minimum Gasteiger partial charge on any atom is -0.393 e. The number of aryl methyl sites for hydroxylation is 1. The maximum atomic E-state index is 11.1. The topological polar surface area (TPSA) is 127 Å². The van der Waals surface area contributed by atoms with Crippen LogP contribution in [0.1, 0.15) is 53.5 Å². The number of nitrogens with one attached hydrogen (secondary N) is 1. The van der Waals surface area contributed by atoms with E-state index in [1.54, 1.807) is 17.7 Å². The first-order chi connectivity index (χ1) is 15.3. The number of thiophene rings is 1. The van der Waals surface area contributed by atoms with Crippen LogP contribution in [0.2, 0.25) is 0 Å². The lowest BCUT2D eigenvalue weighted by Crippen LogP contribution is -2.24. The molecule has 170 valence electrons. The van der Waals surface area contributed by atoms with E-state index in [0.29, 0.717) is 12.8 Å². The van der Waals surface area contributed by atoms with Gasteiger partial charge in [0.1, 0.15) is 12.1 Å². The van der Waals surface area contributed by atoms with Crippen LogP contribution in [-0.2, 0) is 20.9 Å². The molecule has 2 aliphatic carbocycles. The summed E-state index contributed by atoms with van der Waals surface area (Å²) in [5, 5.41) is 21.1. The number of hydrogen-bond acceptors (Lipinski definition) is 8. The van der Waals surface area contributed by atoms with Crippen LogP contribution < -0.4 is 10.5 Å². The second-order valence-electron chi connectivity index (χ2n) is 8.74. The number of aliphatic hydroxyl groups excluding tert-OH is 1. The van der Waals surface area contributed by atoms with Gasteiger partial charge in [0, 0.05) is 5.92 Å². The van der Waals surface area contributed by atoms with Crippen molar-refractivity contribution in [1.29, 1.82) is 0 Å². The number of nitrogens with zero attached hydrogens (tertiary/aromatic N) is 2. The lowest BCUT2D eigenvalue weighted by molar-refractivity contribution is 0.101. The largest absolute Gasteiger partial charge is 0.393 e. The highest BCUT2D eigenvalue weighted by molar-refractivity contribution is 7.84. The van der Waals surface area contributed by atoms with Gasteiger partial charge in [-0.25, -0.2) is 15.1 Å². The van der Waals surface area contributed by atoms with Crippen molar-refractivity contribution in [1.82, 2.24) is 9.97 Å². The molecule has 0 bridgehead atoms. The van der Waals surface area contributed by atoms with Gasteiger partial charge in [-0.1, -0.05) is 18.2 Å². The maximum Gasteiger partial charge on any atom is 0.333 e. The van der Waals surface area contributed by atoms with Crippen LogP contribution in [0, 0.1) is 12.8 Å². The molecular formula is C22H26N4O4S2. The molecule has 1 fully saturated rings. The number of rotatable bonds is 6. The molecule has 2 heterocycles. The van der Waals surface area contributed by atoms with Gasteiger partial charge in [-0.15, -0.1) is 11.3 Å². The van der Waals surface area contributed by atoms with E-state index in [2.05, 4.69) is 45.8 Å². The number of aromatic nitrogens is 2. The van der Waals surface area contributed by atoms with Gasteiger partial charge >= 0.3 is 10.3 Å². The van der Waals surface area contributed by atoms with Gasteiger partial charge < -0.3 is 10.4 Å². The summed E-state index contributed by atoms with van der Waals surface area (Å²) in [5.41, 5.74) is 6.05. The molecule has 4 N–H and O–H groups in total. The van der Waals surface area contributed by atoms with Crippen LogP contribution in [0.5, 0.6) is 0 Å². The van der Waals surface area contributed by atoms with Crippen LogP contribution in [0.3, 0.4) is 0 Å². The first-order valence-electron chi connectivity index (χ1n) is 10.7. The van der Waals surface area contributed by atoms with Crippen LogP contribution in [0.4, 0.5) is 5.82 Å². The summed E-state index contributed by atoms with van der Waals surface area (Å²) in [7, 11) is -4.02. The van der Waals surface area contributed by atoms with Crippen molar-refractivity contribution in [2.24, 2.45) is 11.1 Å². The van der Waals surface area contributed by atoms with E-state index < -0.39 is 16.4 Å². The fourth-order valence-electron chi connectivity index (χ4n) is 5.13. The van der Waals surface area contributed by atoms with Crippen molar-refractivity contribution in [2.75, 3.05) is 11.9 Å². The molecule has 0 saturated heterocycles. The SMILES string of the molecule is Cc1cccc2c1CCC2Nc1ncnc2c(C3CC(O)C(COS(N)(=O)=O)C3)csc12. The van der Waals surface area contributed by atoms with Crippen LogP contribution >= 0.6 is 11.3 Å². The molecule has 2 aromatic heterocycles.